The summed E-state index contributed by atoms with van der Waals surface area (Å²) >= 11 is 0. The van der Waals surface area contributed by atoms with Gasteiger partial charge in [0.1, 0.15) is 25.0 Å². The van der Waals surface area contributed by atoms with E-state index in [2.05, 4.69) is 5.32 Å². The molecule has 0 saturated heterocycles. The van der Waals surface area contributed by atoms with Crippen molar-refractivity contribution in [3.05, 3.63) is 78.4 Å². The summed E-state index contributed by atoms with van der Waals surface area (Å²) in [4.78, 5) is 12.9. The zero-order valence-electron chi connectivity index (χ0n) is 19.6. The number of anilines is 1. The molecule has 0 fully saturated rings. The van der Waals surface area contributed by atoms with Gasteiger partial charge in [-0.15, -0.1) is 0 Å². The Labute approximate surface area is 205 Å². The molecule has 1 unspecified atom stereocenters. The van der Waals surface area contributed by atoms with Crippen molar-refractivity contribution in [3.63, 3.8) is 0 Å². The molecule has 1 N–H and O–H groups in total. The van der Waals surface area contributed by atoms with Crippen LogP contribution in [0.5, 0.6) is 17.2 Å². The highest BCUT2D eigenvalue weighted by Crippen LogP contribution is 2.30. The molecule has 1 amide bonds. The SMILES string of the molecule is CCOc1ccc(S(=O)(=O)N(CC(=O)NCC2COc3ccccc3O2)c2ccc(C)cc2)cc1. The van der Waals surface area contributed by atoms with Gasteiger partial charge in [0, 0.05) is 0 Å². The average molecular weight is 497 g/mol. The second kappa shape index (κ2) is 10.7. The number of hydrogen-bond donors (Lipinski definition) is 1. The van der Waals surface area contributed by atoms with Crippen LogP contribution >= 0.6 is 0 Å². The molecule has 0 radical (unpaired) electrons. The summed E-state index contributed by atoms with van der Waals surface area (Å²) in [6.07, 6.45) is -0.385. The van der Waals surface area contributed by atoms with Gasteiger partial charge in [-0.05, 0) is 62.4 Å². The number of carbonyl (C=O) groups is 1. The minimum Gasteiger partial charge on any atom is -0.494 e. The van der Waals surface area contributed by atoms with E-state index in [1.165, 1.54) is 12.1 Å². The highest BCUT2D eigenvalue weighted by molar-refractivity contribution is 7.92. The van der Waals surface area contributed by atoms with E-state index in [9.17, 15) is 13.2 Å². The lowest BCUT2D eigenvalue weighted by molar-refractivity contribution is -0.120. The summed E-state index contributed by atoms with van der Waals surface area (Å²) in [6, 6.07) is 20.4. The number of amides is 1. The second-order valence-corrected chi connectivity index (χ2v) is 9.92. The lowest BCUT2D eigenvalue weighted by Crippen LogP contribution is -2.45. The molecule has 0 aliphatic carbocycles. The molecular weight excluding hydrogens is 468 g/mol. The van der Waals surface area contributed by atoms with E-state index in [4.69, 9.17) is 14.2 Å². The van der Waals surface area contributed by atoms with Gasteiger partial charge in [-0.3, -0.25) is 9.10 Å². The quantitative estimate of drug-likeness (QED) is 0.487. The van der Waals surface area contributed by atoms with Gasteiger partial charge in [0.05, 0.1) is 23.7 Å². The summed E-state index contributed by atoms with van der Waals surface area (Å²) in [5.41, 5.74) is 1.37. The van der Waals surface area contributed by atoms with Crippen LogP contribution in [0.1, 0.15) is 12.5 Å². The van der Waals surface area contributed by atoms with Crippen molar-refractivity contribution < 1.29 is 27.4 Å². The molecule has 0 spiro atoms. The molecule has 1 aliphatic heterocycles. The fourth-order valence-corrected chi connectivity index (χ4v) is 5.03. The van der Waals surface area contributed by atoms with Gasteiger partial charge in [0.25, 0.3) is 10.0 Å². The molecule has 9 heteroatoms. The van der Waals surface area contributed by atoms with Crippen LogP contribution in [0.25, 0.3) is 0 Å². The Hall–Kier alpha value is -3.72. The molecule has 1 atom stereocenters. The maximum atomic E-state index is 13.5. The molecule has 1 aliphatic rings. The Balaban J connectivity index is 1.49. The summed E-state index contributed by atoms with van der Waals surface area (Å²) in [6.45, 7) is 4.31. The molecule has 8 nitrogen and oxygen atoms in total. The fraction of sp³-hybridized carbons (Fsp3) is 0.269. The second-order valence-electron chi connectivity index (χ2n) is 8.05. The van der Waals surface area contributed by atoms with Crippen LogP contribution in [0, 0.1) is 6.92 Å². The third kappa shape index (κ3) is 5.86. The van der Waals surface area contributed by atoms with Crippen molar-refractivity contribution in [1.29, 1.82) is 0 Å². The maximum absolute atomic E-state index is 13.5. The van der Waals surface area contributed by atoms with Crippen LogP contribution in [0.4, 0.5) is 5.69 Å². The topological polar surface area (TPSA) is 94.2 Å². The monoisotopic (exact) mass is 496 g/mol. The fourth-order valence-electron chi connectivity index (χ4n) is 3.61. The molecule has 35 heavy (non-hydrogen) atoms. The number of nitrogens with one attached hydrogen (secondary N) is 1. The van der Waals surface area contributed by atoms with Crippen molar-refractivity contribution in [3.8, 4) is 17.2 Å². The third-order valence-electron chi connectivity index (χ3n) is 5.43. The summed E-state index contributed by atoms with van der Waals surface area (Å²) < 4.78 is 45.1. The number of ether oxygens (including phenoxy) is 3. The Kier molecular flexibility index (Phi) is 7.45. The van der Waals surface area contributed by atoms with Gasteiger partial charge in [-0.2, -0.15) is 0 Å². The van der Waals surface area contributed by atoms with Crippen LogP contribution in [0.15, 0.2) is 77.7 Å². The van der Waals surface area contributed by atoms with Crippen molar-refractivity contribution in [2.24, 2.45) is 0 Å². The van der Waals surface area contributed by atoms with E-state index in [0.717, 1.165) is 9.87 Å². The Bertz CT molecular complexity index is 1260. The van der Waals surface area contributed by atoms with E-state index >= 15 is 0 Å². The number of hydrogen-bond acceptors (Lipinski definition) is 6. The summed E-state index contributed by atoms with van der Waals surface area (Å²) in [7, 11) is -4.02. The Morgan fingerprint density at radius 1 is 1.03 bits per heavy atom. The number of fused-ring (bicyclic) bond motifs is 1. The van der Waals surface area contributed by atoms with Crippen molar-refractivity contribution in [1.82, 2.24) is 5.32 Å². The van der Waals surface area contributed by atoms with Crippen LogP contribution in [0.3, 0.4) is 0 Å². The van der Waals surface area contributed by atoms with Crippen molar-refractivity contribution in [2.45, 2.75) is 24.8 Å². The van der Waals surface area contributed by atoms with Crippen LogP contribution in [0.2, 0.25) is 0 Å². The van der Waals surface area contributed by atoms with Crippen molar-refractivity contribution in [2.75, 3.05) is 30.6 Å². The van der Waals surface area contributed by atoms with E-state index in [-0.39, 0.29) is 30.7 Å². The number of carbonyl (C=O) groups excluding carboxylic acids is 1. The Morgan fingerprint density at radius 2 is 1.71 bits per heavy atom. The molecule has 0 aromatic heterocycles. The van der Waals surface area contributed by atoms with Crippen LogP contribution < -0.4 is 23.8 Å². The average Bonchev–Trinajstić information content (AvgIpc) is 2.87. The zero-order valence-corrected chi connectivity index (χ0v) is 20.5. The number of nitrogens with zero attached hydrogens (tertiary/aromatic N) is 1. The van der Waals surface area contributed by atoms with Gasteiger partial charge in [0.15, 0.2) is 11.5 Å². The number of aryl methyl sites for hydroxylation is 1. The smallest absolute Gasteiger partial charge is 0.264 e. The van der Waals surface area contributed by atoms with Crippen molar-refractivity contribution >= 4 is 21.6 Å². The molecule has 3 aromatic rings. The molecule has 0 saturated carbocycles. The highest BCUT2D eigenvalue weighted by Gasteiger charge is 2.28. The minimum absolute atomic E-state index is 0.0648. The Morgan fingerprint density at radius 3 is 2.40 bits per heavy atom. The number of benzene rings is 3. The van der Waals surface area contributed by atoms with E-state index in [1.807, 2.05) is 32.0 Å². The largest absolute Gasteiger partial charge is 0.494 e. The zero-order chi connectivity index (χ0) is 24.8. The third-order valence-corrected chi connectivity index (χ3v) is 7.21. The van der Waals surface area contributed by atoms with Gasteiger partial charge >= 0.3 is 0 Å². The molecular formula is C26H28N2O6S. The predicted molar refractivity (Wildman–Crippen MR) is 133 cm³/mol. The van der Waals surface area contributed by atoms with Gasteiger partial charge in [-0.25, -0.2) is 8.42 Å². The predicted octanol–water partition coefficient (Wildman–Crippen LogP) is 3.55. The first-order chi connectivity index (χ1) is 16.9. The first-order valence-electron chi connectivity index (χ1n) is 11.3. The lowest BCUT2D eigenvalue weighted by Gasteiger charge is -2.27. The maximum Gasteiger partial charge on any atom is 0.264 e. The minimum atomic E-state index is -4.02. The first-order valence-corrected chi connectivity index (χ1v) is 12.8. The van der Waals surface area contributed by atoms with E-state index < -0.39 is 15.9 Å². The normalized spacial score (nSPS) is 14.7. The van der Waals surface area contributed by atoms with Gasteiger partial charge < -0.3 is 19.5 Å². The first kappa shape index (κ1) is 24.4. The lowest BCUT2D eigenvalue weighted by atomic mass is 10.2. The molecule has 3 aromatic carbocycles. The van der Waals surface area contributed by atoms with Gasteiger partial charge in [-0.1, -0.05) is 29.8 Å². The molecule has 184 valence electrons. The standard InChI is InChI=1S/C26H28N2O6S/c1-3-32-21-12-14-23(15-13-21)35(30,31)28(20-10-8-19(2)9-11-20)17-26(29)27-16-22-18-33-24-6-4-5-7-25(24)34-22/h4-15,22H,3,16-18H2,1-2H3,(H,27,29). The van der Waals surface area contributed by atoms with E-state index in [1.54, 1.807) is 42.5 Å². The number of para-hydroxylation sites is 2. The van der Waals surface area contributed by atoms with Crippen LogP contribution in [-0.4, -0.2) is 46.7 Å². The van der Waals surface area contributed by atoms with Crippen LogP contribution in [-0.2, 0) is 14.8 Å². The number of rotatable bonds is 9. The molecule has 4 rings (SSSR count). The van der Waals surface area contributed by atoms with Gasteiger partial charge in [0.2, 0.25) is 5.91 Å². The summed E-state index contributed by atoms with van der Waals surface area (Å²) in [5, 5.41) is 2.77. The molecule has 0 bridgehead atoms. The highest BCUT2D eigenvalue weighted by atomic mass is 32.2. The summed E-state index contributed by atoms with van der Waals surface area (Å²) in [5.74, 6) is 1.38. The number of sulfonamides is 1. The van der Waals surface area contributed by atoms with E-state index in [0.29, 0.717) is 29.5 Å². The molecule has 1 heterocycles.